The van der Waals surface area contributed by atoms with Crippen LogP contribution in [0.5, 0.6) is 0 Å². The number of ether oxygens (including phenoxy) is 1. The van der Waals surface area contributed by atoms with Crippen LogP contribution >= 0.6 is 12.2 Å². The zero-order chi connectivity index (χ0) is 21.2. The highest BCUT2D eigenvalue weighted by molar-refractivity contribution is 7.80. The Hall–Kier alpha value is -2.60. The first-order chi connectivity index (χ1) is 14.0. The summed E-state index contributed by atoms with van der Waals surface area (Å²) in [4.78, 5) is 14.4. The van der Waals surface area contributed by atoms with Crippen LogP contribution in [-0.2, 0) is 11.2 Å². The molecule has 0 aromatic heterocycles. The van der Waals surface area contributed by atoms with Gasteiger partial charge in [0.25, 0.3) is 0 Å². The lowest BCUT2D eigenvalue weighted by Crippen LogP contribution is -2.28. The Kier molecular flexibility index (Phi) is 8.93. The van der Waals surface area contributed by atoms with Gasteiger partial charge in [-0.3, -0.25) is 0 Å². The third kappa shape index (κ3) is 6.19. The average molecular weight is 414 g/mol. The average Bonchev–Trinajstić information content (AvgIpc) is 2.73. The SMILES string of the molecule is CCCN(CCC)c1ccc(C(=O)OC)cc1NC(=S)Nc1ccccc1CC. The molecule has 0 amide bonds. The van der Waals surface area contributed by atoms with Crippen molar-refractivity contribution in [3.05, 3.63) is 53.6 Å². The van der Waals surface area contributed by atoms with Crippen LogP contribution in [0.4, 0.5) is 17.1 Å². The minimum Gasteiger partial charge on any atom is -0.465 e. The van der Waals surface area contributed by atoms with E-state index in [4.69, 9.17) is 17.0 Å². The Morgan fingerprint density at radius 3 is 2.28 bits per heavy atom. The van der Waals surface area contributed by atoms with Gasteiger partial charge in [0.1, 0.15) is 0 Å². The second-order valence-electron chi connectivity index (χ2n) is 6.80. The second kappa shape index (κ2) is 11.4. The van der Waals surface area contributed by atoms with Crippen molar-refractivity contribution in [2.75, 3.05) is 35.7 Å². The van der Waals surface area contributed by atoms with Gasteiger partial charge in [0.05, 0.1) is 24.0 Å². The summed E-state index contributed by atoms with van der Waals surface area (Å²) in [6.07, 6.45) is 2.98. The molecule has 6 heteroatoms. The van der Waals surface area contributed by atoms with E-state index in [2.05, 4.69) is 42.4 Å². The number of anilines is 3. The fourth-order valence-electron chi connectivity index (χ4n) is 3.28. The number of para-hydroxylation sites is 1. The highest BCUT2D eigenvalue weighted by atomic mass is 32.1. The first-order valence-electron chi connectivity index (χ1n) is 10.2. The molecule has 0 atom stereocenters. The van der Waals surface area contributed by atoms with E-state index in [0.29, 0.717) is 10.7 Å². The summed E-state index contributed by atoms with van der Waals surface area (Å²) in [6.45, 7) is 8.29. The Labute approximate surface area is 179 Å². The van der Waals surface area contributed by atoms with Gasteiger partial charge in [0, 0.05) is 18.8 Å². The van der Waals surface area contributed by atoms with Crippen LogP contribution in [0.15, 0.2) is 42.5 Å². The van der Waals surface area contributed by atoms with Crippen molar-refractivity contribution in [2.24, 2.45) is 0 Å². The van der Waals surface area contributed by atoms with E-state index in [1.54, 1.807) is 12.1 Å². The molecule has 2 aromatic carbocycles. The van der Waals surface area contributed by atoms with E-state index in [0.717, 1.165) is 49.4 Å². The summed E-state index contributed by atoms with van der Waals surface area (Å²) in [5.74, 6) is -0.368. The van der Waals surface area contributed by atoms with E-state index in [-0.39, 0.29) is 5.97 Å². The van der Waals surface area contributed by atoms with Gasteiger partial charge in [-0.2, -0.15) is 0 Å². The molecule has 0 radical (unpaired) electrons. The van der Waals surface area contributed by atoms with Gasteiger partial charge in [-0.05, 0) is 61.3 Å². The van der Waals surface area contributed by atoms with Crippen molar-refractivity contribution in [3.8, 4) is 0 Å². The molecule has 0 bridgehead atoms. The third-order valence-corrected chi connectivity index (χ3v) is 4.84. The number of nitrogens with zero attached hydrogens (tertiary/aromatic N) is 1. The Morgan fingerprint density at radius 1 is 1.00 bits per heavy atom. The maximum absolute atomic E-state index is 12.0. The third-order valence-electron chi connectivity index (χ3n) is 4.64. The topological polar surface area (TPSA) is 53.6 Å². The first kappa shape index (κ1) is 22.7. The number of thiocarbonyl (C=S) groups is 1. The van der Waals surface area contributed by atoms with E-state index in [9.17, 15) is 4.79 Å². The number of hydrogen-bond acceptors (Lipinski definition) is 4. The van der Waals surface area contributed by atoms with Crippen molar-refractivity contribution < 1.29 is 9.53 Å². The van der Waals surface area contributed by atoms with Crippen molar-refractivity contribution in [2.45, 2.75) is 40.0 Å². The molecular weight excluding hydrogens is 382 g/mol. The lowest BCUT2D eigenvalue weighted by Gasteiger charge is -2.27. The molecule has 29 heavy (non-hydrogen) atoms. The van der Waals surface area contributed by atoms with Crippen LogP contribution in [0.2, 0.25) is 0 Å². The van der Waals surface area contributed by atoms with Gasteiger partial charge in [-0.15, -0.1) is 0 Å². The maximum Gasteiger partial charge on any atom is 0.337 e. The summed E-state index contributed by atoms with van der Waals surface area (Å²) >= 11 is 5.58. The van der Waals surface area contributed by atoms with Gasteiger partial charge in [-0.25, -0.2) is 4.79 Å². The van der Waals surface area contributed by atoms with Crippen LogP contribution in [0, 0.1) is 0 Å². The first-order valence-corrected chi connectivity index (χ1v) is 10.6. The molecule has 0 aliphatic rings. The predicted octanol–water partition coefficient (Wildman–Crippen LogP) is 5.47. The van der Waals surface area contributed by atoms with E-state index < -0.39 is 0 Å². The van der Waals surface area contributed by atoms with Gasteiger partial charge in [0.2, 0.25) is 0 Å². The molecule has 0 aliphatic heterocycles. The molecule has 2 aromatic rings. The highest BCUT2D eigenvalue weighted by Gasteiger charge is 2.15. The van der Waals surface area contributed by atoms with Crippen LogP contribution in [0.3, 0.4) is 0 Å². The lowest BCUT2D eigenvalue weighted by atomic mass is 10.1. The molecule has 0 aliphatic carbocycles. The summed E-state index contributed by atoms with van der Waals surface area (Å²) in [7, 11) is 1.39. The number of carbonyl (C=O) groups excluding carboxylic acids is 1. The zero-order valence-electron chi connectivity index (χ0n) is 17.7. The molecule has 0 fully saturated rings. The molecule has 5 nitrogen and oxygen atoms in total. The normalized spacial score (nSPS) is 10.3. The van der Waals surface area contributed by atoms with E-state index >= 15 is 0 Å². The highest BCUT2D eigenvalue weighted by Crippen LogP contribution is 2.29. The molecule has 0 unspecified atom stereocenters. The smallest absolute Gasteiger partial charge is 0.337 e. The largest absolute Gasteiger partial charge is 0.465 e. The number of benzene rings is 2. The number of aryl methyl sites for hydroxylation is 1. The predicted molar refractivity (Wildman–Crippen MR) is 126 cm³/mol. The minimum atomic E-state index is -0.368. The Balaban J connectivity index is 2.33. The molecule has 2 N–H and O–H groups in total. The Morgan fingerprint density at radius 2 is 1.66 bits per heavy atom. The summed E-state index contributed by atoms with van der Waals surface area (Å²) in [5, 5.41) is 7.07. The quantitative estimate of drug-likeness (QED) is 0.420. The molecular formula is C23H31N3O2S. The summed E-state index contributed by atoms with van der Waals surface area (Å²) < 4.78 is 4.89. The number of esters is 1. The molecule has 156 valence electrons. The second-order valence-corrected chi connectivity index (χ2v) is 7.21. The molecule has 0 spiro atoms. The summed E-state index contributed by atoms with van der Waals surface area (Å²) in [6, 6.07) is 13.7. The molecule has 0 saturated heterocycles. The van der Waals surface area contributed by atoms with Crippen molar-refractivity contribution in [3.63, 3.8) is 0 Å². The molecule has 0 saturated carbocycles. The van der Waals surface area contributed by atoms with Gasteiger partial charge in [-0.1, -0.05) is 39.0 Å². The number of nitrogens with one attached hydrogen (secondary N) is 2. The van der Waals surface area contributed by atoms with Gasteiger partial charge >= 0.3 is 5.97 Å². The van der Waals surface area contributed by atoms with E-state index in [1.165, 1.54) is 12.7 Å². The van der Waals surface area contributed by atoms with Crippen molar-refractivity contribution >= 4 is 40.4 Å². The number of carbonyl (C=O) groups is 1. The number of methoxy groups -OCH3 is 1. The van der Waals surface area contributed by atoms with E-state index in [1.807, 2.05) is 24.3 Å². The minimum absolute atomic E-state index is 0.368. The van der Waals surface area contributed by atoms with Crippen LogP contribution in [0.1, 0.15) is 49.5 Å². The Bertz CT molecular complexity index is 833. The standard InChI is InChI=1S/C23H31N3O2S/c1-5-14-26(15-6-2)21-13-12-18(22(27)28-4)16-20(21)25-23(29)24-19-11-9-8-10-17(19)7-3/h8-13,16H,5-7,14-15H2,1-4H3,(H2,24,25,29). The lowest BCUT2D eigenvalue weighted by molar-refractivity contribution is 0.0601. The monoisotopic (exact) mass is 413 g/mol. The fraction of sp³-hybridized carbons (Fsp3) is 0.391. The van der Waals surface area contributed by atoms with Gasteiger partial charge < -0.3 is 20.3 Å². The van der Waals surface area contributed by atoms with Gasteiger partial charge in [0.15, 0.2) is 5.11 Å². The fourth-order valence-corrected chi connectivity index (χ4v) is 3.50. The van der Waals surface area contributed by atoms with Crippen molar-refractivity contribution in [1.82, 2.24) is 0 Å². The molecule has 0 heterocycles. The van der Waals surface area contributed by atoms with Crippen LogP contribution < -0.4 is 15.5 Å². The number of rotatable bonds is 9. The van der Waals surface area contributed by atoms with Crippen LogP contribution in [-0.4, -0.2) is 31.3 Å². The summed E-state index contributed by atoms with van der Waals surface area (Å²) in [5.41, 5.74) is 4.48. The zero-order valence-corrected chi connectivity index (χ0v) is 18.6. The van der Waals surface area contributed by atoms with Crippen LogP contribution in [0.25, 0.3) is 0 Å². The molecule has 2 rings (SSSR count). The number of hydrogen-bond donors (Lipinski definition) is 2. The van der Waals surface area contributed by atoms with Crippen molar-refractivity contribution in [1.29, 1.82) is 0 Å². The maximum atomic E-state index is 12.0.